The molecule has 0 saturated heterocycles. The highest BCUT2D eigenvalue weighted by Gasteiger charge is 1.97. The molecule has 0 saturated carbocycles. The maximum Gasteiger partial charge on any atom is 0.276 e. The molecule has 5 heteroatoms. The summed E-state index contributed by atoms with van der Waals surface area (Å²) in [6.07, 6.45) is 2.76. The molecular weight excluding hydrogens is 144 g/mol. The molecule has 0 aliphatic heterocycles. The minimum atomic E-state index is -0.239. The van der Waals surface area contributed by atoms with Gasteiger partial charge in [0, 0.05) is 6.20 Å². The summed E-state index contributed by atoms with van der Waals surface area (Å²) < 4.78 is 0. The topological polar surface area (TPSA) is 71.5 Å². The van der Waals surface area contributed by atoms with E-state index in [1.54, 1.807) is 6.07 Å². The molecule has 0 spiro atoms. The number of rotatable bonds is 0. The average Bonchev–Trinajstić information content (AvgIpc) is 2.06. The zero-order valence-corrected chi connectivity index (χ0v) is 5.48. The Kier molecular flexibility index (Phi) is 1.15. The third-order valence-corrected chi connectivity index (χ3v) is 1.32. The fourth-order valence-corrected chi connectivity index (χ4v) is 0.837. The van der Waals surface area contributed by atoms with E-state index in [0.29, 0.717) is 11.0 Å². The molecule has 2 aromatic heterocycles. The number of nitrogens with one attached hydrogen (secondary N) is 1. The van der Waals surface area contributed by atoms with Crippen LogP contribution >= 0.6 is 0 Å². The molecule has 0 aromatic carbocycles. The second kappa shape index (κ2) is 2.12. The van der Waals surface area contributed by atoms with Gasteiger partial charge in [-0.2, -0.15) is 0 Å². The Morgan fingerprint density at radius 2 is 2.36 bits per heavy atom. The van der Waals surface area contributed by atoms with Crippen molar-refractivity contribution in [3.8, 4) is 0 Å². The third-order valence-electron chi connectivity index (χ3n) is 1.32. The van der Waals surface area contributed by atoms with Gasteiger partial charge in [-0.25, -0.2) is 4.98 Å². The van der Waals surface area contributed by atoms with Crippen LogP contribution in [0.15, 0.2) is 23.4 Å². The Labute approximate surface area is 61.1 Å². The van der Waals surface area contributed by atoms with Gasteiger partial charge >= 0.3 is 0 Å². The monoisotopic (exact) mass is 148 g/mol. The Hall–Kier alpha value is -1.78. The Morgan fingerprint density at radius 1 is 1.45 bits per heavy atom. The molecule has 0 unspecified atom stereocenters. The van der Waals surface area contributed by atoms with E-state index in [1.807, 2.05) is 0 Å². The van der Waals surface area contributed by atoms with Gasteiger partial charge in [0.15, 0.2) is 5.52 Å². The molecule has 0 atom stereocenters. The SMILES string of the molecule is O=c1[nH]ccc2nncnc12. The zero-order chi connectivity index (χ0) is 7.68. The Morgan fingerprint density at radius 3 is 3.18 bits per heavy atom. The first-order valence-corrected chi connectivity index (χ1v) is 3.03. The molecule has 2 aromatic rings. The summed E-state index contributed by atoms with van der Waals surface area (Å²) >= 11 is 0. The highest BCUT2D eigenvalue weighted by atomic mass is 16.1. The van der Waals surface area contributed by atoms with Crippen LogP contribution in [0.1, 0.15) is 0 Å². The van der Waals surface area contributed by atoms with Crippen LogP contribution in [0.5, 0.6) is 0 Å². The lowest BCUT2D eigenvalue weighted by Gasteiger charge is -1.89. The standard InChI is InChI=1S/C6H4N4O/c11-6-5-4(1-2-7-6)10-9-3-8-5/h1-3H,(H,7,11). The molecule has 0 aliphatic carbocycles. The maximum atomic E-state index is 11.0. The first-order valence-electron chi connectivity index (χ1n) is 3.03. The molecule has 2 rings (SSSR count). The molecule has 0 amide bonds. The number of pyridine rings is 1. The van der Waals surface area contributed by atoms with Gasteiger partial charge in [0.25, 0.3) is 5.56 Å². The van der Waals surface area contributed by atoms with Gasteiger partial charge in [-0.3, -0.25) is 4.79 Å². The minimum absolute atomic E-state index is 0.239. The molecule has 0 bridgehead atoms. The van der Waals surface area contributed by atoms with Crippen LogP contribution < -0.4 is 5.56 Å². The van der Waals surface area contributed by atoms with E-state index < -0.39 is 0 Å². The second-order valence-corrected chi connectivity index (χ2v) is 2.00. The number of nitrogens with zero attached hydrogens (tertiary/aromatic N) is 3. The van der Waals surface area contributed by atoms with E-state index in [1.165, 1.54) is 12.5 Å². The summed E-state index contributed by atoms with van der Waals surface area (Å²) in [6, 6.07) is 1.65. The van der Waals surface area contributed by atoms with Gasteiger partial charge in [0.2, 0.25) is 0 Å². The third kappa shape index (κ3) is 0.861. The van der Waals surface area contributed by atoms with E-state index in [-0.39, 0.29) is 5.56 Å². The molecule has 54 valence electrons. The van der Waals surface area contributed by atoms with E-state index in [9.17, 15) is 4.79 Å². The lowest BCUT2D eigenvalue weighted by atomic mass is 10.4. The van der Waals surface area contributed by atoms with Gasteiger partial charge in [-0.1, -0.05) is 0 Å². The van der Waals surface area contributed by atoms with Crippen molar-refractivity contribution in [2.75, 3.05) is 0 Å². The fourth-order valence-electron chi connectivity index (χ4n) is 0.837. The molecule has 0 fully saturated rings. The van der Waals surface area contributed by atoms with Crippen molar-refractivity contribution >= 4 is 11.0 Å². The van der Waals surface area contributed by atoms with Crippen LogP contribution in [0.3, 0.4) is 0 Å². The summed E-state index contributed by atoms with van der Waals surface area (Å²) in [5, 5.41) is 7.25. The van der Waals surface area contributed by atoms with Crippen molar-refractivity contribution in [2.45, 2.75) is 0 Å². The van der Waals surface area contributed by atoms with Gasteiger partial charge in [-0.15, -0.1) is 10.2 Å². The summed E-state index contributed by atoms with van der Waals surface area (Å²) in [6.45, 7) is 0. The number of hydrogen-bond acceptors (Lipinski definition) is 4. The smallest absolute Gasteiger partial charge is 0.276 e. The molecular formula is C6H4N4O. The molecule has 1 N–H and O–H groups in total. The Bertz CT molecular complexity index is 430. The number of fused-ring (bicyclic) bond motifs is 1. The second-order valence-electron chi connectivity index (χ2n) is 2.00. The molecule has 5 nitrogen and oxygen atoms in total. The minimum Gasteiger partial charge on any atom is -0.327 e. The summed E-state index contributed by atoms with van der Waals surface area (Å²) in [4.78, 5) is 17.2. The Balaban J connectivity index is 3.03. The predicted molar refractivity (Wildman–Crippen MR) is 38.0 cm³/mol. The van der Waals surface area contributed by atoms with Crippen molar-refractivity contribution in [1.29, 1.82) is 0 Å². The molecule has 0 aliphatic rings. The van der Waals surface area contributed by atoms with Gasteiger partial charge in [0.1, 0.15) is 11.8 Å². The highest BCUT2D eigenvalue weighted by molar-refractivity contribution is 5.70. The van der Waals surface area contributed by atoms with Crippen molar-refractivity contribution in [3.05, 3.63) is 28.9 Å². The highest BCUT2D eigenvalue weighted by Crippen LogP contribution is 1.95. The largest absolute Gasteiger partial charge is 0.327 e. The first kappa shape index (κ1) is 5.96. The van der Waals surface area contributed by atoms with Crippen LogP contribution in [0.2, 0.25) is 0 Å². The van der Waals surface area contributed by atoms with Crippen molar-refractivity contribution in [2.24, 2.45) is 0 Å². The van der Waals surface area contributed by atoms with Crippen molar-refractivity contribution in [1.82, 2.24) is 20.2 Å². The summed E-state index contributed by atoms with van der Waals surface area (Å²) in [5.74, 6) is 0. The summed E-state index contributed by atoms with van der Waals surface area (Å²) in [7, 11) is 0. The van der Waals surface area contributed by atoms with Crippen molar-refractivity contribution < 1.29 is 0 Å². The van der Waals surface area contributed by atoms with E-state index >= 15 is 0 Å². The van der Waals surface area contributed by atoms with E-state index in [0.717, 1.165) is 0 Å². The maximum absolute atomic E-state index is 11.0. The fraction of sp³-hybridized carbons (Fsp3) is 0. The van der Waals surface area contributed by atoms with Crippen LogP contribution in [0, 0.1) is 0 Å². The number of hydrogen-bond donors (Lipinski definition) is 1. The van der Waals surface area contributed by atoms with Crippen molar-refractivity contribution in [3.63, 3.8) is 0 Å². The van der Waals surface area contributed by atoms with Gasteiger partial charge < -0.3 is 4.98 Å². The normalized spacial score (nSPS) is 10.2. The van der Waals surface area contributed by atoms with Gasteiger partial charge in [-0.05, 0) is 6.07 Å². The quantitative estimate of drug-likeness (QED) is 0.557. The first-order chi connectivity index (χ1) is 5.38. The van der Waals surface area contributed by atoms with Crippen LogP contribution in [0.4, 0.5) is 0 Å². The van der Waals surface area contributed by atoms with Gasteiger partial charge in [0.05, 0.1) is 0 Å². The molecule has 11 heavy (non-hydrogen) atoms. The van der Waals surface area contributed by atoms with E-state index in [2.05, 4.69) is 20.2 Å². The zero-order valence-electron chi connectivity index (χ0n) is 5.48. The molecule has 0 radical (unpaired) electrons. The molecule has 2 heterocycles. The number of aromatic nitrogens is 4. The lowest BCUT2D eigenvalue weighted by Crippen LogP contribution is -2.07. The lowest BCUT2D eigenvalue weighted by molar-refractivity contribution is 1.01. The van der Waals surface area contributed by atoms with Crippen LogP contribution in [-0.2, 0) is 0 Å². The summed E-state index contributed by atoms with van der Waals surface area (Å²) in [5.41, 5.74) is 0.594. The number of H-pyrrole nitrogens is 1. The number of aromatic amines is 1. The predicted octanol–water partition coefficient (Wildman–Crippen LogP) is -0.287. The van der Waals surface area contributed by atoms with E-state index in [4.69, 9.17) is 0 Å². The van der Waals surface area contributed by atoms with Crippen LogP contribution in [-0.4, -0.2) is 20.2 Å². The van der Waals surface area contributed by atoms with Crippen LogP contribution in [0.25, 0.3) is 11.0 Å². The average molecular weight is 148 g/mol.